The Morgan fingerprint density at radius 3 is 2.92 bits per heavy atom. The summed E-state index contributed by atoms with van der Waals surface area (Å²) in [6, 6.07) is 2.12. The van der Waals surface area contributed by atoms with Gasteiger partial charge in [0.1, 0.15) is 0 Å². The molecule has 0 N–H and O–H groups in total. The summed E-state index contributed by atoms with van der Waals surface area (Å²) >= 11 is 0. The fourth-order valence-corrected chi connectivity index (χ4v) is 1.15. The Balaban J connectivity index is 3.08. The number of allylic oxidation sites excluding steroid dienone is 1. The Hall–Kier alpha value is -1.37. The van der Waals surface area contributed by atoms with Gasteiger partial charge in [-0.25, -0.2) is 0 Å². The molecule has 0 aromatic carbocycles. The summed E-state index contributed by atoms with van der Waals surface area (Å²) in [6.07, 6.45) is 8.92. The molecular formula is C12H15N. The van der Waals surface area contributed by atoms with Gasteiger partial charge >= 0.3 is 0 Å². The molecule has 0 saturated heterocycles. The first kappa shape index (κ1) is 9.72. The third kappa shape index (κ3) is 2.55. The quantitative estimate of drug-likeness (QED) is 0.682. The molecule has 0 unspecified atom stereocenters. The Bertz CT molecular complexity index is 324. The molecule has 68 valence electrons. The van der Waals surface area contributed by atoms with Gasteiger partial charge in [-0.05, 0) is 31.1 Å². The fraction of sp³-hybridized carbons (Fsp3) is 0.250. The van der Waals surface area contributed by atoms with E-state index in [4.69, 9.17) is 0 Å². The van der Waals surface area contributed by atoms with Crippen molar-refractivity contribution in [3.05, 3.63) is 41.7 Å². The maximum atomic E-state index is 4.28. The second kappa shape index (κ2) is 4.61. The van der Waals surface area contributed by atoms with E-state index in [0.717, 1.165) is 17.7 Å². The van der Waals surface area contributed by atoms with Gasteiger partial charge in [-0.1, -0.05) is 25.7 Å². The molecule has 1 nitrogen and oxygen atoms in total. The molecule has 0 amide bonds. The third-order valence-corrected chi connectivity index (χ3v) is 1.81. The van der Waals surface area contributed by atoms with Crippen LogP contribution in [0.4, 0.5) is 0 Å². The van der Waals surface area contributed by atoms with Gasteiger partial charge in [0.2, 0.25) is 0 Å². The van der Waals surface area contributed by atoms with Crippen LogP contribution < -0.4 is 0 Å². The number of aryl methyl sites for hydroxylation is 1. The molecule has 0 aliphatic rings. The minimum Gasteiger partial charge on any atom is -0.256 e. The molecule has 13 heavy (non-hydrogen) atoms. The van der Waals surface area contributed by atoms with Gasteiger partial charge in [-0.3, -0.25) is 4.98 Å². The summed E-state index contributed by atoms with van der Waals surface area (Å²) in [4.78, 5) is 4.28. The molecule has 1 rings (SSSR count). The lowest BCUT2D eigenvalue weighted by atomic mass is 10.1. The molecule has 1 heteroatoms. The highest BCUT2D eigenvalue weighted by Gasteiger charge is 1.96. The van der Waals surface area contributed by atoms with Crippen LogP contribution in [0.3, 0.4) is 0 Å². The first-order valence-corrected chi connectivity index (χ1v) is 4.53. The Labute approximate surface area is 79.8 Å². The van der Waals surface area contributed by atoms with E-state index in [1.165, 1.54) is 5.56 Å². The van der Waals surface area contributed by atoms with Crippen molar-refractivity contribution in [3.8, 4) is 0 Å². The third-order valence-electron chi connectivity index (χ3n) is 1.81. The van der Waals surface area contributed by atoms with Gasteiger partial charge in [0, 0.05) is 11.8 Å². The van der Waals surface area contributed by atoms with Gasteiger partial charge < -0.3 is 0 Å². The predicted molar refractivity (Wildman–Crippen MR) is 58.4 cm³/mol. The van der Waals surface area contributed by atoms with Crippen molar-refractivity contribution >= 4 is 12.2 Å². The first-order valence-electron chi connectivity index (χ1n) is 4.53. The lowest BCUT2D eigenvalue weighted by Crippen LogP contribution is -1.87. The van der Waals surface area contributed by atoms with Crippen molar-refractivity contribution in [2.45, 2.75) is 20.3 Å². The summed E-state index contributed by atoms with van der Waals surface area (Å²) in [5, 5.41) is 0. The molecule has 1 heterocycles. The fourth-order valence-electron chi connectivity index (χ4n) is 1.15. The van der Waals surface area contributed by atoms with Crippen LogP contribution in [-0.4, -0.2) is 4.98 Å². The number of pyridine rings is 1. The van der Waals surface area contributed by atoms with Crippen LogP contribution in [0.1, 0.15) is 30.2 Å². The molecule has 0 radical (unpaired) electrons. The largest absolute Gasteiger partial charge is 0.256 e. The summed E-state index contributed by atoms with van der Waals surface area (Å²) in [6.45, 7) is 7.90. The molecule has 0 aliphatic carbocycles. The molecule has 1 aromatic heterocycles. The van der Waals surface area contributed by atoms with Crippen LogP contribution in [0.15, 0.2) is 24.9 Å². The van der Waals surface area contributed by atoms with Crippen molar-refractivity contribution in [2.75, 3.05) is 0 Å². The summed E-state index contributed by atoms with van der Waals surface area (Å²) in [5.41, 5.74) is 3.29. The highest BCUT2D eigenvalue weighted by molar-refractivity contribution is 5.61. The van der Waals surface area contributed by atoms with Crippen molar-refractivity contribution in [3.63, 3.8) is 0 Å². The molecule has 0 bridgehead atoms. The van der Waals surface area contributed by atoms with E-state index in [1.54, 1.807) is 6.08 Å². The van der Waals surface area contributed by atoms with E-state index in [-0.39, 0.29) is 0 Å². The predicted octanol–water partition coefficient (Wildman–Crippen LogP) is 3.46. The van der Waals surface area contributed by atoms with E-state index in [0.29, 0.717) is 0 Å². The number of rotatable bonds is 3. The lowest BCUT2D eigenvalue weighted by Gasteiger charge is -2.00. The second-order valence-corrected chi connectivity index (χ2v) is 3.00. The highest BCUT2D eigenvalue weighted by atomic mass is 14.7. The SMILES string of the molecule is C=Cc1ncc(C)cc1/C=C\CC. The van der Waals surface area contributed by atoms with E-state index in [2.05, 4.69) is 36.7 Å². The Morgan fingerprint density at radius 2 is 2.31 bits per heavy atom. The zero-order valence-corrected chi connectivity index (χ0v) is 8.25. The van der Waals surface area contributed by atoms with Gasteiger partial charge in [-0.15, -0.1) is 0 Å². The molecule has 0 aliphatic heterocycles. The molecular weight excluding hydrogens is 158 g/mol. The minimum absolute atomic E-state index is 0.954. The smallest absolute Gasteiger partial charge is 0.0696 e. The van der Waals surface area contributed by atoms with E-state index in [9.17, 15) is 0 Å². The standard InChI is InChI=1S/C12H15N/c1-4-6-7-11-8-10(3)9-13-12(11)5-2/h5-9H,2,4H2,1,3H3/b7-6-. The van der Waals surface area contributed by atoms with Gasteiger partial charge in [0.15, 0.2) is 0 Å². The first-order chi connectivity index (χ1) is 6.27. The van der Waals surface area contributed by atoms with Crippen molar-refractivity contribution < 1.29 is 0 Å². The van der Waals surface area contributed by atoms with E-state index >= 15 is 0 Å². The lowest BCUT2D eigenvalue weighted by molar-refractivity contribution is 1.21. The highest BCUT2D eigenvalue weighted by Crippen LogP contribution is 2.11. The number of hydrogen-bond acceptors (Lipinski definition) is 1. The average molecular weight is 173 g/mol. The maximum Gasteiger partial charge on any atom is 0.0696 e. The number of nitrogens with zero attached hydrogens (tertiary/aromatic N) is 1. The van der Waals surface area contributed by atoms with E-state index < -0.39 is 0 Å². The van der Waals surface area contributed by atoms with Crippen molar-refractivity contribution in [1.82, 2.24) is 4.98 Å². The zero-order valence-electron chi connectivity index (χ0n) is 8.25. The molecule has 0 saturated carbocycles. The van der Waals surface area contributed by atoms with Gasteiger partial charge in [0.25, 0.3) is 0 Å². The number of aromatic nitrogens is 1. The van der Waals surface area contributed by atoms with Crippen LogP contribution in [0.5, 0.6) is 0 Å². The Kier molecular flexibility index (Phi) is 3.44. The number of hydrogen-bond donors (Lipinski definition) is 0. The van der Waals surface area contributed by atoms with Crippen LogP contribution >= 0.6 is 0 Å². The van der Waals surface area contributed by atoms with Crippen LogP contribution in [0.25, 0.3) is 12.2 Å². The van der Waals surface area contributed by atoms with Crippen LogP contribution in [0, 0.1) is 6.92 Å². The Morgan fingerprint density at radius 1 is 1.54 bits per heavy atom. The van der Waals surface area contributed by atoms with Crippen molar-refractivity contribution in [1.29, 1.82) is 0 Å². The molecule has 0 atom stereocenters. The summed E-state index contributed by atoms with van der Waals surface area (Å²) in [7, 11) is 0. The normalized spacial score (nSPS) is 10.6. The van der Waals surface area contributed by atoms with Crippen LogP contribution in [-0.2, 0) is 0 Å². The summed E-state index contributed by atoms with van der Waals surface area (Å²) < 4.78 is 0. The molecule has 0 fully saturated rings. The minimum atomic E-state index is 0.954. The average Bonchev–Trinajstić information content (AvgIpc) is 2.15. The second-order valence-electron chi connectivity index (χ2n) is 3.00. The summed E-state index contributed by atoms with van der Waals surface area (Å²) in [5.74, 6) is 0. The zero-order chi connectivity index (χ0) is 9.68. The van der Waals surface area contributed by atoms with Gasteiger partial charge in [-0.2, -0.15) is 0 Å². The topological polar surface area (TPSA) is 12.9 Å². The maximum absolute atomic E-state index is 4.28. The molecule has 0 spiro atoms. The van der Waals surface area contributed by atoms with Crippen molar-refractivity contribution in [2.24, 2.45) is 0 Å². The monoisotopic (exact) mass is 173 g/mol. The van der Waals surface area contributed by atoms with Gasteiger partial charge in [0.05, 0.1) is 5.69 Å². The molecule has 1 aromatic rings. The van der Waals surface area contributed by atoms with Crippen LogP contribution in [0.2, 0.25) is 0 Å². The van der Waals surface area contributed by atoms with E-state index in [1.807, 2.05) is 13.1 Å².